The summed E-state index contributed by atoms with van der Waals surface area (Å²) in [5.41, 5.74) is -0.430. The second-order valence-corrected chi connectivity index (χ2v) is 7.76. The molecule has 1 heterocycles. The Morgan fingerprint density at radius 2 is 2.19 bits per heavy atom. The van der Waals surface area contributed by atoms with E-state index in [1.165, 1.54) is 25.4 Å². The first-order chi connectivity index (χ1) is 9.83. The third-order valence-electron chi connectivity index (χ3n) is 2.36. The van der Waals surface area contributed by atoms with Gasteiger partial charge in [-0.25, -0.2) is 13.4 Å². The number of sulfonamides is 1. The summed E-state index contributed by atoms with van der Waals surface area (Å²) in [4.78, 5) is 13.8. The highest BCUT2D eigenvalue weighted by atomic mass is 79.9. The Bertz CT molecular complexity index is 790. The van der Waals surface area contributed by atoms with Crippen LogP contribution in [0.5, 0.6) is 5.75 Å². The van der Waals surface area contributed by atoms with Gasteiger partial charge in [-0.1, -0.05) is 11.3 Å². The van der Waals surface area contributed by atoms with Crippen LogP contribution in [0.15, 0.2) is 33.1 Å². The fraction of sp³-hybridized carbons (Fsp3) is 0.100. The Kier molecular flexibility index (Phi) is 4.44. The molecular weight excluding hydrogens is 386 g/mol. The molecule has 0 aliphatic carbocycles. The lowest BCUT2D eigenvalue weighted by Crippen LogP contribution is -2.13. The SMILES string of the molecule is COc1ccc(S(=O)(=O)Nc2ncc(Br)s2)cc1[N+](=O)[O-]. The van der Waals surface area contributed by atoms with Gasteiger partial charge in [-0.15, -0.1) is 0 Å². The van der Waals surface area contributed by atoms with Gasteiger partial charge < -0.3 is 4.74 Å². The van der Waals surface area contributed by atoms with Gasteiger partial charge in [-0.05, 0) is 28.1 Å². The van der Waals surface area contributed by atoms with Crippen LogP contribution in [-0.4, -0.2) is 25.4 Å². The molecule has 0 aliphatic heterocycles. The predicted molar refractivity (Wildman–Crippen MR) is 80.3 cm³/mol. The van der Waals surface area contributed by atoms with Gasteiger partial charge in [0, 0.05) is 6.07 Å². The number of methoxy groups -OCH3 is 1. The third-order valence-corrected chi connectivity index (χ3v) is 5.21. The molecule has 0 spiro atoms. The Hall–Kier alpha value is -1.72. The first-order valence-electron chi connectivity index (χ1n) is 5.30. The molecule has 0 atom stereocenters. The first-order valence-corrected chi connectivity index (χ1v) is 8.39. The number of aromatic nitrogens is 1. The van der Waals surface area contributed by atoms with Crippen LogP contribution in [-0.2, 0) is 10.0 Å². The van der Waals surface area contributed by atoms with Gasteiger partial charge in [0.2, 0.25) is 0 Å². The minimum Gasteiger partial charge on any atom is -0.490 e. The van der Waals surface area contributed by atoms with Crippen LogP contribution in [0.4, 0.5) is 10.8 Å². The number of anilines is 1. The second-order valence-electron chi connectivity index (χ2n) is 3.67. The largest absolute Gasteiger partial charge is 0.490 e. The van der Waals surface area contributed by atoms with E-state index in [1.807, 2.05) is 0 Å². The van der Waals surface area contributed by atoms with Crippen molar-refractivity contribution in [1.82, 2.24) is 4.98 Å². The molecule has 2 rings (SSSR count). The van der Waals surface area contributed by atoms with E-state index in [4.69, 9.17) is 4.74 Å². The molecule has 1 aromatic carbocycles. The van der Waals surface area contributed by atoms with Crippen LogP contribution in [0.1, 0.15) is 0 Å². The molecular formula is C10H8BrN3O5S2. The number of rotatable bonds is 5. The van der Waals surface area contributed by atoms with Gasteiger partial charge in [0.05, 0.1) is 26.9 Å². The summed E-state index contributed by atoms with van der Waals surface area (Å²) in [5.74, 6) is -0.0176. The third kappa shape index (κ3) is 3.49. The normalized spacial score (nSPS) is 11.1. The number of benzene rings is 1. The Labute approximate surface area is 132 Å². The lowest BCUT2D eigenvalue weighted by atomic mass is 10.3. The van der Waals surface area contributed by atoms with Crippen molar-refractivity contribution in [2.24, 2.45) is 0 Å². The topological polar surface area (TPSA) is 111 Å². The van der Waals surface area contributed by atoms with Crippen molar-refractivity contribution >= 4 is 48.1 Å². The van der Waals surface area contributed by atoms with Crippen LogP contribution in [0.2, 0.25) is 0 Å². The van der Waals surface area contributed by atoms with Crippen LogP contribution in [0.3, 0.4) is 0 Å². The molecule has 1 N–H and O–H groups in total. The van der Waals surface area contributed by atoms with E-state index in [0.717, 1.165) is 17.4 Å². The van der Waals surface area contributed by atoms with Gasteiger partial charge >= 0.3 is 5.69 Å². The highest BCUT2D eigenvalue weighted by molar-refractivity contribution is 9.11. The molecule has 0 aliphatic rings. The fourth-order valence-corrected chi connectivity index (χ4v) is 3.82. The molecule has 0 saturated heterocycles. The average molecular weight is 394 g/mol. The van der Waals surface area contributed by atoms with Crippen LogP contribution in [0.25, 0.3) is 0 Å². The number of nitrogens with zero attached hydrogens (tertiary/aromatic N) is 2. The first kappa shape index (κ1) is 15.7. The standard InChI is InChI=1S/C10H8BrN3O5S2/c1-19-8-3-2-6(4-7(8)14(15)16)21(17,18)13-10-12-5-9(11)20-10/h2-5H,1H3,(H,12,13). The van der Waals surface area contributed by atoms with E-state index >= 15 is 0 Å². The van der Waals surface area contributed by atoms with Crippen molar-refractivity contribution in [2.45, 2.75) is 4.90 Å². The van der Waals surface area contributed by atoms with Crippen LogP contribution in [0, 0.1) is 10.1 Å². The van der Waals surface area contributed by atoms with Crippen LogP contribution < -0.4 is 9.46 Å². The number of hydrogen-bond acceptors (Lipinski definition) is 7. The molecule has 8 nitrogen and oxygen atoms in total. The lowest BCUT2D eigenvalue weighted by molar-refractivity contribution is -0.386. The number of hydrogen-bond donors (Lipinski definition) is 1. The van der Waals surface area contributed by atoms with Crippen molar-refractivity contribution in [3.63, 3.8) is 0 Å². The number of thiazole rings is 1. The Balaban J connectivity index is 2.40. The molecule has 0 amide bonds. The summed E-state index contributed by atoms with van der Waals surface area (Å²) in [7, 11) is -2.70. The number of nitrogens with one attached hydrogen (secondary N) is 1. The van der Waals surface area contributed by atoms with E-state index < -0.39 is 20.6 Å². The summed E-state index contributed by atoms with van der Waals surface area (Å²) in [5, 5.41) is 11.1. The minimum atomic E-state index is -3.96. The van der Waals surface area contributed by atoms with Crippen LogP contribution >= 0.6 is 27.3 Å². The maximum Gasteiger partial charge on any atom is 0.312 e. The summed E-state index contributed by atoms with van der Waals surface area (Å²) in [6.07, 6.45) is 1.44. The molecule has 21 heavy (non-hydrogen) atoms. The zero-order valence-electron chi connectivity index (χ0n) is 10.4. The molecule has 0 saturated carbocycles. The fourth-order valence-electron chi connectivity index (χ4n) is 1.46. The highest BCUT2D eigenvalue weighted by Gasteiger charge is 2.22. The molecule has 0 bridgehead atoms. The van der Waals surface area contributed by atoms with Crippen molar-refractivity contribution in [2.75, 3.05) is 11.8 Å². The maximum absolute atomic E-state index is 12.2. The van der Waals surface area contributed by atoms with Crippen molar-refractivity contribution < 1.29 is 18.1 Å². The molecule has 112 valence electrons. The van der Waals surface area contributed by atoms with E-state index in [2.05, 4.69) is 25.6 Å². The lowest BCUT2D eigenvalue weighted by Gasteiger charge is -2.07. The molecule has 1 aromatic heterocycles. The van der Waals surface area contributed by atoms with Crippen molar-refractivity contribution in [3.05, 3.63) is 38.3 Å². The Morgan fingerprint density at radius 3 is 2.71 bits per heavy atom. The summed E-state index contributed by atoms with van der Waals surface area (Å²) in [6, 6.07) is 3.38. The van der Waals surface area contributed by atoms with Gasteiger partial charge in [0.25, 0.3) is 10.0 Å². The number of nitro benzene ring substituents is 1. The smallest absolute Gasteiger partial charge is 0.312 e. The summed E-state index contributed by atoms with van der Waals surface area (Å²) < 4.78 is 32.0. The second kappa shape index (κ2) is 5.95. The van der Waals surface area contributed by atoms with Gasteiger partial charge in [-0.2, -0.15) is 0 Å². The molecule has 0 radical (unpaired) electrons. The molecule has 0 unspecified atom stereocenters. The zero-order chi connectivity index (χ0) is 15.6. The Morgan fingerprint density at radius 1 is 1.48 bits per heavy atom. The van der Waals surface area contributed by atoms with E-state index in [0.29, 0.717) is 3.79 Å². The number of ether oxygens (including phenoxy) is 1. The number of halogens is 1. The minimum absolute atomic E-state index is 0.0176. The average Bonchev–Trinajstić information content (AvgIpc) is 2.82. The zero-order valence-corrected chi connectivity index (χ0v) is 13.7. The summed E-state index contributed by atoms with van der Waals surface area (Å²) in [6.45, 7) is 0. The van der Waals surface area contributed by atoms with Gasteiger partial charge in [0.1, 0.15) is 0 Å². The van der Waals surface area contributed by atoms with E-state index in [9.17, 15) is 18.5 Å². The van der Waals surface area contributed by atoms with Gasteiger partial charge in [0.15, 0.2) is 10.9 Å². The van der Waals surface area contributed by atoms with Crippen molar-refractivity contribution in [1.29, 1.82) is 0 Å². The van der Waals surface area contributed by atoms with Gasteiger partial charge in [-0.3, -0.25) is 14.8 Å². The quantitative estimate of drug-likeness (QED) is 0.617. The van der Waals surface area contributed by atoms with E-state index in [-0.39, 0.29) is 15.8 Å². The van der Waals surface area contributed by atoms with E-state index in [1.54, 1.807) is 0 Å². The summed E-state index contributed by atoms with van der Waals surface area (Å²) >= 11 is 4.24. The molecule has 0 fully saturated rings. The molecule has 2 aromatic rings. The monoisotopic (exact) mass is 393 g/mol. The van der Waals surface area contributed by atoms with Crippen molar-refractivity contribution in [3.8, 4) is 5.75 Å². The predicted octanol–water partition coefficient (Wildman–Crippen LogP) is 2.62. The molecule has 11 heteroatoms. The number of nitro groups is 1. The maximum atomic E-state index is 12.2. The highest BCUT2D eigenvalue weighted by Crippen LogP contribution is 2.31.